The maximum atomic E-state index is 5.53. The van der Waals surface area contributed by atoms with Gasteiger partial charge >= 0.3 is 0 Å². The SMILES string of the molecule is CCC(C)Nc1cnnc(NCC2CCCO2)n1. The van der Waals surface area contributed by atoms with Crippen LogP contribution in [-0.4, -0.2) is 40.5 Å². The molecule has 6 nitrogen and oxygen atoms in total. The minimum atomic E-state index is 0.278. The Balaban J connectivity index is 1.86. The van der Waals surface area contributed by atoms with Gasteiger partial charge in [0.05, 0.1) is 12.3 Å². The van der Waals surface area contributed by atoms with Gasteiger partial charge in [-0.15, -0.1) is 5.10 Å². The van der Waals surface area contributed by atoms with Crippen molar-refractivity contribution >= 4 is 11.8 Å². The average molecular weight is 251 g/mol. The van der Waals surface area contributed by atoms with E-state index in [-0.39, 0.29) is 6.10 Å². The summed E-state index contributed by atoms with van der Waals surface area (Å²) in [7, 11) is 0. The molecule has 1 aromatic heterocycles. The van der Waals surface area contributed by atoms with Crippen molar-refractivity contribution in [3.05, 3.63) is 6.20 Å². The fourth-order valence-electron chi connectivity index (χ4n) is 1.81. The van der Waals surface area contributed by atoms with Crippen LogP contribution in [-0.2, 0) is 4.74 Å². The number of anilines is 2. The summed E-state index contributed by atoms with van der Waals surface area (Å²) in [5.41, 5.74) is 0. The highest BCUT2D eigenvalue weighted by Crippen LogP contribution is 2.12. The number of hydrogen-bond donors (Lipinski definition) is 2. The van der Waals surface area contributed by atoms with E-state index in [1.54, 1.807) is 6.20 Å². The van der Waals surface area contributed by atoms with Crippen LogP contribution in [0.4, 0.5) is 11.8 Å². The lowest BCUT2D eigenvalue weighted by atomic mass is 10.2. The summed E-state index contributed by atoms with van der Waals surface area (Å²) < 4.78 is 5.53. The normalized spacial score (nSPS) is 20.7. The standard InChI is InChI=1S/C12H21N5O/c1-3-9(2)15-11-8-14-17-12(16-11)13-7-10-5-4-6-18-10/h8-10H,3-7H2,1-2H3,(H2,13,15,16,17). The van der Waals surface area contributed by atoms with Crippen LogP contribution < -0.4 is 10.6 Å². The summed E-state index contributed by atoms with van der Waals surface area (Å²) >= 11 is 0. The van der Waals surface area contributed by atoms with Crippen molar-refractivity contribution in [2.75, 3.05) is 23.8 Å². The molecule has 2 rings (SSSR count). The maximum Gasteiger partial charge on any atom is 0.244 e. The molecule has 18 heavy (non-hydrogen) atoms. The first-order chi connectivity index (χ1) is 8.78. The third-order valence-corrected chi connectivity index (χ3v) is 3.08. The van der Waals surface area contributed by atoms with Gasteiger partial charge in [0.2, 0.25) is 5.95 Å². The Morgan fingerprint density at radius 1 is 1.56 bits per heavy atom. The predicted octanol–water partition coefficient (Wildman–Crippen LogP) is 1.67. The van der Waals surface area contributed by atoms with Gasteiger partial charge in [0.15, 0.2) is 5.82 Å². The molecule has 0 aromatic carbocycles. The van der Waals surface area contributed by atoms with Crippen LogP contribution in [0.1, 0.15) is 33.1 Å². The van der Waals surface area contributed by atoms with E-state index in [0.29, 0.717) is 12.0 Å². The molecule has 100 valence electrons. The minimum absolute atomic E-state index is 0.278. The molecule has 1 saturated heterocycles. The van der Waals surface area contributed by atoms with Crippen LogP contribution in [0.3, 0.4) is 0 Å². The Kier molecular flexibility index (Phi) is 4.69. The van der Waals surface area contributed by atoms with Crippen LogP contribution in [0.15, 0.2) is 6.20 Å². The van der Waals surface area contributed by atoms with E-state index >= 15 is 0 Å². The second-order valence-electron chi connectivity index (χ2n) is 4.63. The summed E-state index contributed by atoms with van der Waals surface area (Å²) in [6.45, 7) is 5.85. The zero-order valence-electron chi connectivity index (χ0n) is 11.0. The Labute approximate surface area is 108 Å². The third kappa shape index (κ3) is 3.80. The number of nitrogens with one attached hydrogen (secondary N) is 2. The Morgan fingerprint density at radius 3 is 3.17 bits per heavy atom. The van der Waals surface area contributed by atoms with E-state index < -0.39 is 0 Å². The predicted molar refractivity (Wildman–Crippen MR) is 70.7 cm³/mol. The van der Waals surface area contributed by atoms with E-state index in [1.165, 1.54) is 0 Å². The molecule has 0 spiro atoms. The summed E-state index contributed by atoms with van der Waals surface area (Å²) in [5.74, 6) is 1.31. The quantitative estimate of drug-likeness (QED) is 0.801. The van der Waals surface area contributed by atoms with E-state index in [4.69, 9.17) is 4.74 Å². The van der Waals surface area contributed by atoms with Crippen molar-refractivity contribution < 1.29 is 4.74 Å². The van der Waals surface area contributed by atoms with Crippen LogP contribution in [0.5, 0.6) is 0 Å². The zero-order valence-corrected chi connectivity index (χ0v) is 11.0. The van der Waals surface area contributed by atoms with Gasteiger partial charge in [-0.1, -0.05) is 6.92 Å². The fraction of sp³-hybridized carbons (Fsp3) is 0.750. The molecular weight excluding hydrogens is 230 g/mol. The summed E-state index contributed by atoms with van der Waals surface area (Å²) in [4.78, 5) is 4.37. The smallest absolute Gasteiger partial charge is 0.244 e. The maximum absolute atomic E-state index is 5.53. The molecule has 0 amide bonds. The van der Waals surface area contributed by atoms with Crippen LogP contribution >= 0.6 is 0 Å². The molecule has 2 heterocycles. The Hall–Kier alpha value is -1.43. The number of rotatable bonds is 6. The molecule has 1 aliphatic rings. The van der Waals surface area contributed by atoms with Gasteiger partial charge in [0.25, 0.3) is 0 Å². The van der Waals surface area contributed by atoms with Crippen LogP contribution in [0, 0.1) is 0 Å². The lowest BCUT2D eigenvalue weighted by Gasteiger charge is -2.13. The van der Waals surface area contributed by atoms with Crippen molar-refractivity contribution in [2.24, 2.45) is 0 Å². The molecule has 0 saturated carbocycles. The topological polar surface area (TPSA) is 72.0 Å². The second-order valence-corrected chi connectivity index (χ2v) is 4.63. The van der Waals surface area contributed by atoms with E-state index in [0.717, 1.165) is 38.2 Å². The molecule has 6 heteroatoms. The Bertz CT molecular complexity index is 367. The van der Waals surface area contributed by atoms with Gasteiger partial charge in [-0.2, -0.15) is 10.1 Å². The highest BCUT2D eigenvalue weighted by molar-refractivity contribution is 5.37. The minimum Gasteiger partial charge on any atom is -0.376 e. The van der Waals surface area contributed by atoms with Gasteiger partial charge in [-0.25, -0.2) is 0 Å². The first-order valence-corrected chi connectivity index (χ1v) is 6.59. The summed E-state index contributed by atoms with van der Waals surface area (Å²) in [6.07, 6.45) is 5.21. The molecule has 2 atom stereocenters. The molecule has 2 unspecified atom stereocenters. The monoisotopic (exact) mass is 251 g/mol. The molecule has 0 aliphatic carbocycles. The molecular formula is C12H21N5O. The molecule has 1 aliphatic heterocycles. The summed E-state index contributed by atoms with van der Waals surface area (Å²) in [6, 6.07) is 0.382. The van der Waals surface area contributed by atoms with Crippen LogP contribution in [0.2, 0.25) is 0 Å². The largest absolute Gasteiger partial charge is 0.376 e. The van der Waals surface area contributed by atoms with Gasteiger partial charge < -0.3 is 15.4 Å². The highest BCUT2D eigenvalue weighted by Gasteiger charge is 2.15. The average Bonchev–Trinajstić information content (AvgIpc) is 2.90. The van der Waals surface area contributed by atoms with Crippen molar-refractivity contribution in [1.82, 2.24) is 15.2 Å². The zero-order chi connectivity index (χ0) is 12.8. The second kappa shape index (κ2) is 6.49. The first kappa shape index (κ1) is 13.0. The molecule has 2 N–H and O–H groups in total. The molecule has 1 fully saturated rings. The van der Waals surface area contributed by atoms with E-state index in [1.807, 2.05) is 0 Å². The molecule has 1 aromatic rings. The van der Waals surface area contributed by atoms with Gasteiger partial charge in [-0.05, 0) is 26.2 Å². The number of hydrogen-bond acceptors (Lipinski definition) is 6. The number of ether oxygens (including phenoxy) is 1. The van der Waals surface area contributed by atoms with Crippen molar-refractivity contribution in [3.8, 4) is 0 Å². The van der Waals surface area contributed by atoms with Gasteiger partial charge in [0, 0.05) is 19.2 Å². The fourth-order valence-corrected chi connectivity index (χ4v) is 1.81. The lowest BCUT2D eigenvalue weighted by Crippen LogP contribution is -2.21. The van der Waals surface area contributed by atoms with Crippen molar-refractivity contribution in [1.29, 1.82) is 0 Å². The first-order valence-electron chi connectivity index (χ1n) is 6.59. The number of aromatic nitrogens is 3. The van der Waals surface area contributed by atoms with Gasteiger partial charge in [-0.3, -0.25) is 0 Å². The van der Waals surface area contributed by atoms with E-state index in [9.17, 15) is 0 Å². The third-order valence-electron chi connectivity index (χ3n) is 3.08. The lowest BCUT2D eigenvalue weighted by molar-refractivity contribution is 0.120. The van der Waals surface area contributed by atoms with Crippen molar-refractivity contribution in [2.45, 2.75) is 45.3 Å². The number of nitrogens with zero attached hydrogens (tertiary/aromatic N) is 3. The van der Waals surface area contributed by atoms with Crippen molar-refractivity contribution in [3.63, 3.8) is 0 Å². The highest BCUT2D eigenvalue weighted by atomic mass is 16.5. The van der Waals surface area contributed by atoms with E-state index in [2.05, 4.69) is 39.7 Å². The van der Waals surface area contributed by atoms with Crippen LogP contribution in [0.25, 0.3) is 0 Å². The summed E-state index contributed by atoms with van der Waals surface area (Å²) in [5, 5.41) is 14.3. The Morgan fingerprint density at radius 2 is 2.44 bits per heavy atom. The van der Waals surface area contributed by atoms with Gasteiger partial charge in [0.1, 0.15) is 0 Å². The molecule has 0 radical (unpaired) electrons. The molecule has 0 bridgehead atoms.